The maximum absolute atomic E-state index is 11.7. The number of carbonyl (C=O) groups is 2. The molecule has 0 unspecified atom stereocenters. The van der Waals surface area contributed by atoms with Crippen molar-refractivity contribution in [2.45, 2.75) is 175 Å². The van der Waals surface area contributed by atoms with Crippen LogP contribution in [0.5, 0.6) is 0 Å². The van der Waals surface area contributed by atoms with Crippen LogP contribution in [0, 0.1) is 0 Å². The Hall–Kier alpha value is -1.06. The molecule has 0 saturated carbocycles. The van der Waals surface area contributed by atoms with E-state index >= 15 is 0 Å². The molecule has 0 bridgehead atoms. The lowest BCUT2D eigenvalue weighted by Gasteiger charge is -2.06. The number of ether oxygens (including phenoxy) is 2. The minimum atomic E-state index is -0.455. The predicted molar refractivity (Wildman–Crippen MR) is 151 cm³/mol. The van der Waals surface area contributed by atoms with Gasteiger partial charge in [0.2, 0.25) is 0 Å². The van der Waals surface area contributed by atoms with Crippen molar-refractivity contribution in [2.75, 3.05) is 13.2 Å². The molecule has 0 N–H and O–H groups in total. The largest absolute Gasteiger partial charge is 0.465 e. The Kier molecular flexibility index (Phi) is 34.0. The molecule has 210 valence electrons. The zero-order chi connectivity index (χ0) is 26.2. The Labute approximate surface area is 219 Å². The van der Waals surface area contributed by atoms with Gasteiger partial charge in [-0.25, -0.2) is 0 Å². The van der Waals surface area contributed by atoms with Crippen LogP contribution in [-0.4, -0.2) is 25.2 Å². The van der Waals surface area contributed by atoms with Gasteiger partial charge in [0.1, 0.15) is 6.42 Å². The van der Waals surface area contributed by atoms with Crippen LogP contribution in [0.2, 0.25) is 0 Å². The van der Waals surface area contributed by atoms with Gasteiger partial charge in [0.15, 0.2) is 0 Å². The Balaban J connectivity index is 0. The molecule has 0 heterocycles. The van der Waals surface area contributed by atoms with Crippen molar-refractivity contribution >= 4 is 11.9 Å². The molecule has 0 aromatic carbocycles. The fourth-order valence-electron chi connectivity index (χ4n) is 3.77. The first kappa shape index (κ1) is 36.1. The van der Waals surface area contributed by atoms with Gasteiger partial charge in [0.05, 0.1) is 13.2 Å². The maximum Gasteiger partial charge on any atom is 0.317 e. The molecule has 0 fully saturated rings. The monoisotopic (exact) mass is 498 g/mol. The average molecular weight is 499 g/mol. The molecule has 0 aliphatic heterocycles. The summed E-state index contributed by atoms with van der Waals surface area (Å²) in [5.41, 5.74) is 0. The summed E-state index contributed by atoms with van der Waals surface area (Å²) in [7, 11) is 0. The minimum absolute atomic E-state index is 0.254. The van der Waals surface area contributed by atoms with Gasteiger partial charge in [-0.05, 0) is 12.8 Å². The molecular formula is C31H62O4. The summed E-state index contributed by atoms with van der Waals surface area (Å²) in [5.74, 6) is -0.909. The lowest BCUT2D eigenvalue weighted by Crippen LogP contribution is -2.15. The fourth-order valence-corrected chi connectivity index (χ4v) is 3.77. The summed E-state index contributed by atoms with van der Waals surface area (Å²) in [6.07, 6.45) is 27.4. The van der Waals surface area contributed by atoms with Crippen molar-refractivity contribution in [3.05, 3.63) is 0 Å². The van der Waals surface area contributed by atoms with E-state index < -0.39 is 11.9 Å². The predicted octanol–water partition coefficient (Wildman–Crippen LogP) is 10.1. The van der Waals surface area contributed by atoms with Crippen LogP contribution in [0.15, 0.2) is 0 Å². The number of rotatable bonds is 25. The van der Waals surface area contributed by atoms with Crippen molar-refractivity contribution in [2.24, 2.45) is 0 Å². The van der Waals surface area contributed by atoms with Crippen molar-refractivity contribution in [1.82, 2.24) is 0 Å². The van der Waals surface area contributed by atoms with Crippen molar-refractivity contribution < 1.29 is 19.1 Å². The van der Waals surface area contributed by atoms with Crippen LogP contribution in [-0.2, 0) is 19.1 Å². The molecule has 35 heavy (non-hydrogen) atoms. The second-order valence-electron chi connectivity index (χ2n) is 9.98. The summed E-state index contributed by atoms with van der Waals surface area (Å²) in [6.45, 7) is 9.69. The highest BCUT2D eigenvalue weighted by molar-refractivity contribution is 5.91. The van der Waals surface area contributed by atoms with Gasteiger partial charge in [0, 0.05) is 0 Å². The normalized spacial score (nSPS) is 10.5. The van der Waals surface area contributed by atoms with Gasteiger partial charge >= 0.3 is 11.9 Å². The SMILES string of the molecule is CCCC.CCCCCCCCCCCCOC(=O)CC(=O)OCCCCCCCCCCCC. The highest BCUT2D eigenvalue weighted by atomic mass is 16.6. The molecule has 0 aromatic rings. The molecule has 0 spiro atoms. The van der Waals surface area contributed by atoms with Gasteiger partial charge in [-0.1, -0.05) is 156 Å². The molecule has 0 aliphatic rings. The molecule has 0 rings (SSSR count). The van der Waals surface area contributed by atoms with E-state index in [1.54, 1.807) is 0 Å². The average Bonchev–Trinajstić information content (AvgIpc) is 2.86. The number of carbonyl (C=O) groups excluding carboxylic acids is 2. The number of esters is 2. The Morgan fingerprint density at radius 2 is 0.629 bits per heavy atom. The van der Waals surface area contributed by atoms with Gasteiger partial charge in [-0.15, -0.1) is 0 Å². The van der Waals surface area contributed by atoms with E-state index in [4.69, 9.17) is 9.47 Å². The van der Waals surface area contributed by atoms with E-state index in [-0.39, 0.29) is 6.42 Å². The third-order valence-electron chi connectivity index (χ3n) is 6.31. The summed E-state index contributed by atoms with van der Waals surface area (Å²) >= 11 is 0. The number of hydrogen-bond acceptors (Lipinski definition) is 4. The standard InChI is InChI=1S/C27H52O4.C4H10/c1-3-5-7-9-11-13-15-17-19-21-23-30-26(28)25-27(29)31-24-22-20-18-16-14-12-10-8-6-4-2;1-3-4-2/h3-25H2,1-2H3;3-4H2,1-2H3. The molecule has 0 saturated heterocycles. The molecule has 0 aromatic heterocycles. The van der Waals surface area contributed by atoms with Crippen molar-refractivity contribution in [3.63, 3.8) is 0 Å². The minimum Gasteiger partial charge on any atom is -0.465 e. The number of hydrogen-bond donors (Lipinski definition) is 0. The lowest BCUT2D eigenvalue weighted by atomic mass is 10.1. The van der Waals surface area contributed by atoms with E-state index in [9.17, 15) is 9.59 Å². The Morgan fingerprint density at radius 3 is 0.886 bits per heavy atom. The summed E-state index contributed by atoms with van der Waals surface area (Å²) in [6, 6.07) is 0. The van der Waals surface area contributed by atoms with Gasteiger partial charge in [-0.3, -0.25) is 9.59 Å². The second-order valence-corrected chi connectivity index (χ2v) is 9.98. The van der Waals surface area contributed by atoms with Crippen LogP contribution in [0.3, 0.4) is 0 Å². The van der Waals surface area contributed by atoms with E-state index in [0.717, 1.165) is 25.7 Å². The quantitative estimate of drug-likeness (QED) is 0.0713. The van der Waals surface area contributed by atoms with Crippen LogP contribution >= 0.6 is 0 Å². The van der Waals surface area contributed by atoms with E-state index in [0.29, 0.717) is 13.2 Å². The Bertz CT molecular complexity index is 384. The first-order valence-electron chi connectivity index (χ1n) is 15.4. The number of unbranched alkanes of at least 4 members (excludes halogenated alkanes) is 19. The van der Waals surface area contributed by atoms with Crippen LogP contribution < -0.4 is 0 Å². The summed E-state index contributed by atoms with van der Waals surface area (Å²) in [5, 5.41) is 0. The van der Waals surface area contributed by atoms with Gasteiger partial charge in [0.25, 0.3) is 0 Å². The molecule has 0 atom stereocenters. The highest BCUT2D eigenvalue weighted by Gasteiger charge is 2.11. The van der Waals surface area contributed by atoms with E-state index in [2.05, 4.69) is 27.7 Å². The van der Waals surface area contributed by atoms with E-state index in [1.807, 2.05) is 0 Å². The summed E-state index contributed by atoms with van der Waals surface area (Å²) < 4.78 is 10.3. The van der Waals surface area contributed by atoms with Gasteiger partial charge in [-0.2, -0.15) is 0 Å². The van der Waals surface area contributed by atoms with Crippen molar-refractivity contribution in [1.29, 1.82) is 0 Å². The van der Waals surface area contributed by atoms with Gasteiger partial charge < -0.3 is 9.47 Å². The van der Waals surface area contributed by atoms with Crippen LogP contribution in [0.1, 0.15) is 175 Å². The third kappa shape index (κ3) is 35.2. The first-order chi connectivity index (χ1) is 17.1. The third-order valence-corrected chi connectivity index (χ3v) is 6.31. The molecule has 0 aliphatic carbocycles. The molecule has 4 nitrogen and oxygen atoms in total. The van der Waals surface area contributed by atoms with Crippen LogP contribution in [0.4, 0.5) is 0 Å². The van der Waals surface area contributed by atoms with Crippen molar-refractivity contribution in [3.8, 4) is 0 Å². The highest BCUT2D eigenvalue weighted by Crippen LogP contribution is 2.11. The summed E-state index contributed by atoms with van der Waals surface area (Å²) in [4.78, 5) is 23.4. The maximum atomic E-state index is 11.7. The smallest absolute Gasteiger partial charge is 0.317 e. The fraction of sp³-hybridized carbons (Fsp3) is 0.935. The molecular weight excluding hydrogens is 436 g/mol. The van der Waals surface area contributed by atoms with E-state index in [1.165, 1.54) is 116 Å². The second kappa shape index (κ2) is 32.9. The lowest BCUT2D eigenvalue weighted by molar-refractivity contribution is -0.154. The molecule has 4 heteroatoms. The Morgan fingerprint density at radius 1 is 0.371 bits per heavy atom. The molecule has 0 amide bonds. The first-order valence-corrected chi connectivity index (χ1v) is 15.4. The zero-order valence-electron chi connectivity index (χ0n) is 24.3. The topological polar surface area (TPSA) is 52.6 Å². The van der Waals surface area contributed by atoms with Crippen LogP contribution in [0.25, 0.3) is 0 Å². The molecule has 0 radical (unpaired) electrons. The zero-order valence-corrected chi connectivity index (χ0v) is 24.3.